The largest absolute Gasteiger partial charge is 0.399 e. The Morgan fingerprint density at radius 1 is 0.750 bits per heavy atom. The third kappa shape index (κ3) is 16.1. The van der Waals surface area contributed by atoms with Crippen LogP contribution >= 0.6 is 0 Å². The molecule has 0 bridgehead atoms. The number of para-hydroxylation sites is 1. The number of rotatable bonds is 10. The first-order valence-electron chi connectivity index (χ1n) is 8.61. The van der Waals surface area contributed by atoms with Crippen molar-refractivity contribution in [2.75, 3.05) is 5.73 Å². The maximum atomic E-state index is 5.36. The summed E-state index contributed by atoms with van der Waals surface area (Å²) in [7, 11) is 0. The van der Waals surface area contributed by atoms with Crippen LogP contribution in [0, 0.1) is 0 Å². The molecule has 0 unspecified atom stereocenters. The third-order valence-electron chi connectivity index (χ3n) is 3.51. The van der Waals surface area contributed by atoms with Gasteiger partial charge in [0.15, 0.2) is 0 Å². The molecule has 0 atom stereocenters. The summed E-state index contributed by atoms with van der Waals surface area (Å²) in [6, 6.07) is 9.49. The van der Waals surface area contributed by atoms with E-state index in [0.29, 0.717) is 0 Å². The number of hydrogen-bond acceptors (Lipinski definition) is 1. The van der Waals surface area contributed by atoms with Crippen LogP contribution in [0.3, 0.4) is 0 Å². The van der Waals surface area contributed by atoms with Crippen molar-refractivity contribution < 1.29 is 0 Å². The average Bonchev–Trinajstić information content (AvgIpc) is 2.47. The van der Waals surface area contributed by atoms with Crippen molar-refractivity contribution in [1.29, 1.82) is 0 Å². The van der Waals surface area contributed by atoms with Gasteiger partial charge in [0.1, 0.15) is 0 Å². The predicted octanol–water partition coefficient (Wildman–Crippen LogP) is 5.76. The van der Waals surface area contributed by atoms with Crippen LogP contribution in [0.15, 0.2) is 30.3 Å². The van der Waals surface area contributed by atoms with Crippen molar-refractivity contribution in [3.63, 3.8) is 0 Å². The third-order valence-corrected chi connectivity index (χ3v) is 4.21. The van der Waals surface area contributed by atoms with Gasteiger partial charge in [-0.2, -0.15) is 0 Å². The zero-order chi connectivity index (χ0) is 14.9. The van der Waals surface area contributed by atoms with Gasteiger partial charge >= 0.3 is 103 Å². The molecule has 0 aliphatic heterocycles. The molecule has 0 aromatic heterocycles. The van der Waals surface area contributed by atoms with Crippen LogP contribution in [0.2, 0.25) is 3.67 Å². The first kappa shape index (κ1) is 20.0. The van der Waals surface area contributed by atoms with Crippen molar-refractivity contribution >= 4 is 33.6 Å². The van der Waals surface area contributed by atoms with Crippen LogP contribution in [-0.4, -0.2) is 27.9 Å². The summed E-state index contributed by atoms with van der Waals surface area (Å²) < 4.78 is 1.51. The molecule has 1 rings (SSSR count). The number of anilines is 1. The standard InChI is InChI=1S/C12H25.C6H7N.Na/c1-3-5-7-9-11-12-10-8-6-4-2;7-6-4-2-1-3-5-6;/h1,3-12H2,2H3;1-5H,7H2;. The molecule has 0 heterocycles. The van der Waals surface area contributed by atoms with Crippen LogP contribution in [0.4, 0.5) is 5.69 Å². The maximum absolute atomic E-state index is 5.36. The van der Waals surface area contributed by atoms with Gasteiger partial charge in [-0.25, -0.2) is 0 Å². The number of nitrogens with two attached hydrogens (primary N) is 1. The summed E-state index contributed by atoms with van der Waals surface area (Å²) in [6.45, 7) is 2.29. The van der Waals surface area contributed by atoms with E-state index < -0.39 is 0 Å². The number of unbranched alkanes of at least 4 members (excludes halogenated alkanes) is 9. The molecule has 20 heavy (non-hydrogen) atoms. The van der Waals surface area contributed by atoms with Gasteiger partial charge < -0.3 is 5.73 Å². The Balaban J connectivity index is 0.000000428. The molecule has 0 spiro atoms. The second kappa shape index (κ2) is 17.1. The Kier molecular flexibility index (Phi) is 17.1. The van der Waals surface area contributed by atoms with E-state index in [1.807, 2.05) is 30.3 Å². The molecule has 0 saturated carbocycles. The summed E-state index contributed by atoms with van der Waals surface area (Å²) in [5.74, 6) is 0. The van der Waals surface area contributed by atoms with Crippen molar-refractivity contribution in [2.45, 2.75) is 74.8 Å². The minimum absolute atomic E-state index is 0.822. The van der Waals surface area contributed by atoms with E-state index in [0.717, 1.165) is 5.69 Å². The van der Waals surface area contributed by atoms with E-state index in [2.05, 4.69) is 6.92 Å². The number of nitrogen functional groups attached to an aromatic ring is 1. The first-order valence-corrected chi connectivity index (χ1v) is 10.0. The minimum atomic E-state index is 0.822. The van der Waals surface area contributed by atoms with E-state index >= 15 is 0 Å². The fourth-order valence-corrected chi connectivity index (χ4v) is 2.69. The number of hydrogen-bond donors (Lipinski definition) is 1. The van der Waals surface area contributed by atoms with Crippen molar-refractivity contribution in [1.82, 2.24) is 0 Å². The van der Waals surface area contributed by atoms with Gasteiger partial charge in [0, 0.05) is 5.69 Å². The van der Waals surface area contributed by atoms with E-state index in [4.69, 9.17) is 5.73 Å². The second-order valence-electron chi connectivity index (χ2n) is 5.59. The minimum Gasteiger partial charge on any atom is -0.399 e. The summed E-state index contributed by atoms with van der Waals surface area (Å²) >= 11 is 1.41. The SMILES string of the molecule is CCCCCCCCCCC[CH2][Na].Nc1ccccc1. The van der Waals surface area contributed by atoms with Gasteiger partial charge in [0.05, 0.1) is 0 Å². The molecule has 2 N–H and O–H groups in total. The van der Waals surface area contributed by atoms with E-state index in [-0.39, 0.29) is 0 Å². The van der Waals surface area contributed by atoms with Gasteiger partial charge in [0.2, 0.25) is 0 Å². The molecule has 0 aliphatic carbocycles. The summed E-state index contributed by atoms with van der Waals surface area (Å²) in [5, 5.41) is 0. The molecule has 0 radical (unpaired) electrons. The quantitative estimate of drug-likeness (QED) is 0.330. The van der Waals surface area contributed by atoms with Gasteiger partial charge in [-0.1, -0.05) is 18.2 Å². The van der Waals surface area contributed by atoms with Crippen molar-refractivity contribution in [3.05, 3.63) is 30.3 Å². The Bertz CT molecular complexity index is 264. The Morgan fingerprint density at radius 3 is 1.55 bits per heavy atom. The zero-order valence-electron chi connectivity index (χ0n) is 13.7. The summed E-state index contributed by atoms with van der Waals surface area (Å²) in [6.07, 6.45) is 14.7. The smallest absolute Gasteiger partial charge is 0.0313 e. The molecule has 0 amide bonds. The van der Waals surface area contributed by atoms with Gasteiger partial charge in [0.25, 0.3) is 0 Å². The molecule has 0 saturated heterocycles. The van der Waals surface area contributed by atoms with Gasteiger partial charge in [-0.3, -0.25) is 0 Å². The van der Waals surface area contributed by atoms with Crippen LogP contribution in [0.25, 0.3) is 0 Å². The van der Waals surface area contributed by atoms with E-state index in [1.165, 1.54) is 95.8 Å². The summed E-state index contributed by atoms with van der Waals surface area (Å²) in [4.78, 5) is 0. The monoisotopic (exact) mass is 285 g/mol. The normalized spacial score (nSPS) is 9.95. The number of benzene rings is 1. The Morgan fingerprint density at radius 2 is 1.20 bits per heavy atom. The van der Waals surface area contributed by atoms with Gasteiger partial charge in [-0.15, -0.1) is 0 Å². The molecule has 1 aromatic carbocycles. The fraction of sp³-hybridized carbons (Fsp3) is 0.667. The molecule has 1 nitrogen and oxygen atoms in total. The fourth-order valence-electron chi connectivity index (χ4n) is 2.19. The Labute approximate surface area is 144 Å². The molecule has 2 heteroatoms. The van der Waals surface area contributed by atoms with E-state index in [9.17, 15) is 0 Å². The predicted molar refractivity (Wildman–Crippen MR) is 93.3 cm³/mol. The van der Waals surface area contributed by atoms with Crippen LogP contribution in [0.5, 0.6) is 0 Å². The Hall–Kier alpha value is 0.0200. The molecule has 110 valence electrons. The molecule has 1 aromatic rings. The second-order valence-corrected chi connectivity index (χ2v) is 6.59. The van der Waals surface area contributed by atoms with Gasteiger partial charge in [-0.05, 0) is 12.1 Å². The van der Waals surface area contributed by atoms with Crippen LogP contribution < -0.4 is 5.73 Å². The average molecular weight is 285 g/mol. The topological polar surface area (TPSA) is 26.0 Å². The molecule has 0 fully saturated rings. The van der Waals surface area contributed by atoms with Crippen molar-refractivity contribution in [3.8, 4) is 0 Å². The van der Waals surface area contributed by atoms with Crippen LogP contribution in [0.1, 0.15) is 71.1 Å². The van der Waals surface area contributed by atoms with E-state index in [1.54, 1.807) is 0 Å². The zero-order valence-corrected chi connectivity index (χ0v) is 15.7. The molecule has 0 aliphatic rings. The molecular weight excluding hydrogens is 253 g/mol. The maximum Gasteiger partial charge on any atom is 0.0313 e. The van der Waals surface area contributed by atoms with Crippen LogP contribution in [-0.2, 0) is 0 Å². The summed E-state index contributed by atoms with van der Waals surface area (Å²) in [5.41, 5.74) is 6.18. The first-order chi connectivity index (χ1) is 9.81. The molecular formula is C18H32NNa. The van der Waals surface area contributed by atoms with Crippen molar-refractivity contribution in [2.24, 2.45) is 0 Å².